The number of benzene rings is 2. The van der Waals surface area contributed by atoms with E-state index in [9.17, 15) is 0 Å². The first-order chi connectivity index (χ1) is 9.36. The third-order valence-electron chi connectivity index (χ3n) is 2.27. The first-order valence-corrected chi connectivity index (χ1v) is 6.29. The fourth-order valence-corrected chi connectivity index (χ4v) is 1.18. The SMILES string of the molecule is C1CO1.C=Cc1ccccc1.C=Cc1ccccc1. The molecule has 1 heteroatoms. The number of ether oxygens (including phenoxy) is 1. The lowest BCUT2D eigenvalue weighted by atomic mass is 10.2. The highest BCUT2D eigenvalue weighted by Gasteiger charge is 1.94. The van der Waals surface area contributed by atoms with Gasteiger partial charge in [-0.3, -0.25) is 0 Å². The topological polar surface area (TPSA) is 12.5 Å². The molecule has 0 saturated carbocycles. The van der Waals surface area contributed by atoms with E-state index in [0.717, 1.165) is 13.2 Å². The maximum Gasteiger partial charge on any atom is 0.0701 e. The number of hydrogen-bond donors (Lipinski definition) is 0. The number of rotatable bonds is 2. The zero-order chi connectivity index (χ0) is 13.8. The van der Waals surface area contributed by atoms with Gasteiger partial charge in [-0.05, 0) is 11.1 Å². The van der Waals surface area contributed by atoms with E-state index >= 15 is 0 Å². The molecule has 1 saturated heterocycles. The van der Waals surface area contributed by atoms with Gasteiger partial charge in [0.15, 0.2) is 0 Å². The van der Waals surface area contributed by atoms with Crippen LogP contribution in [0.5, 0.6) is 0 Å². The molecule has 1 nitrogen and oxygen atoms in total. The molecule has 0 unspecified atom stereocenters. The molecule has 0 amide bonds. The first kappa shape index (κ1) is 14.9. The Morgan fingerprint density at radius 3 is 1.16 bits per heavy atom. The molecule has 1 aliphatic heterocycles. The Hall–Kier alpha value is -2.12. The summed E-state index contributed by atoms with van der Waals surface area (Å²) < 4.78 is 4.50. The van der Waals surface area contributed by atoms with Crippen LogP contribution >= 0.6 is 0 Å². The van der Waals surface area contributed by atoms with E-state index in [0.29, 0.717) is 0 Å². The van der Waals surface area contributed by atoms with E-state index < -0.39 is 0 Å². The summed E-state index contributed by atoms with van der Waals surface area (Å²) in [5.41, 5.74) is 2.35. The van der Waals surface area contributed by atoms with Gasteiger partial charge in [-0.1, -0.05) is 86.0 Å². The minimum Gasteiger partial charge on any atom is -0.377 e. The van der Waals surface area contributed by atoms with Gasteiger partial charge in [0.25, 0.3) is 0 Å². The molecular formula is C18H20O. The maximum atomic E-state index is 4.50. The van der Waals surface area contributed by atoms with E-state index in [1.54, 1.807) is 0 Å². The van der Waals surface area contributed by atoms with Crippen molar-refractivity contribution in [3.63, 3.8) is 0 Å². The van der Waals surface area contributed by atoms with Gasteiger partial charge >= 0.3 is 0 Å². The van der Waals surface area contributed by atoms with E-state index in [2.05, 4.69) is 17.9 Å². The lowest BCUT2D eigenvalue weighted by Gasteiger charge is -1.85. The van der Waals surface area contributed by atoms with Crippen LogP contribution in [0.25, 0.3) is 12.2 Å². The summed E-state index contributed by atoms with van der Waals surface area (Å²) in [6.07, 6.45) is 3.67. The molecule has 1 heterocycles. The smallest absolute Gasteiger partial charge is 0.0701 e. The zero-order valence-corrected chi connectivity index (χ0v) is 11.2. The molecule has 0 spiro atoms. The normalized spacial score (nSPS) is 10.9. The first-order valence-electron chi connectivity index (χ1n) is 6.29. The lowest BCUT2D eigenvalue weighted by Crippen LogP contribution is -1.63. The van der Waals surface area contributed by atoms with Crippen molar-refractivity contribution in [3.05, 3.63) is 84.9 Å². The van der Waals surface area contributed by atoms with E-state index in [-0.39, 0.29) is 0 Å². The minimum atomic E-state index is 1.00. The zero-order valence-electron chi connectivity index (χ0n) is 11.2. The van der Waals surface area contributed by atoms with Gasteiger partial charge < -0.3 is 4.74 Å². The number of hydrogen-bond acceptors (Lipinski definition) is 1. The predicted molar refractivity (Wildman–Crippen MR) is 83.9 cm³/mol. The van der Waals surface area contributed by atoms with E-state index in [1.807, 2.05) is 72.8 Å². The molecule has 98 valence electrons. The summed E-state index contributed by atoms with van der Waals surface area (Å²) in [5, 5.41) is 0. The minimum absolute atomic E-state index is 1.00. The van der Waals surface area contributed by atoms with Crippen molar-refractivity contribution in [3.8, 4) is 0 Å². The van der Waals surface area contributed by atoms with Crippen molar-refractivity contribution in [1.82, 2.24) is 0 Å². The Bertz CT molecular complexity index is 411. The molecule has 0 radical (unpaired) electrons. The summed E-state index contributed by atoms with van der Waals surface area (Å²) in [5.74, 6) is 0. The van der Waals surface area contributed by atoms with Crippen LogP contribution in [-0.4, -0.2) is 13.2 Å². The third kappa shape index (κ3) is 8.58. The summed E-state index contributed by atoms with van der Waals surface area (Å²) >= 11 is 0. The molecular weight excluding hydrogens is 232 g/mol. The van der Waals surface area contributed by atoms with Crippen molar-refractivity contribution in [2.24, 2.45) is 0 Å². The van der Waals surface area contributed by atoms with Gasteiger partial charge in [0.1, 0.15) is 0 Å². The van der Waals surface area contributed by atoms with Crippen LogP contribution in [0.1, 0.15) is 11.1 Å². The second kappa shape index (κ2) is 9.86. The Labute approximate surface area is 115 Å². The summed E-state index contributed by atoms with van der Waals surface area (Å²) in [4.78, 5) is 0. The van der Waals surface area contributed by atoms with Crippen molar-refractivity contribution in [1.29, 1.82) is 0 Å². The molecule has 0 aliphatic carbocycles. The molecule has 0 aromatic heterocycles. The van der Waals surface area contributed by atoms with Crippen LogP contribution < -0.4 is 0 Å². The highest BCUT2D eigenvalue weighted by molar-refractivity contribution is 5.46. The molecule has 1 aliphatic rings. The lowest BCUT2D eigenvalue weighted by molar-refractivity contribution is 0.475. The quantitative estimate of drug-likeness (QED) is 0.707. The second-order valence-corrected chi connectivity index (χ2v) is 3.84. The Balaban J connectivity index is 0.000000156. The molecule has 0 bridgehead atoms. The Morgan fingerprint density at radius 1 is 0.684 bits per heavy atom. The van der Waals surface area contributed by atoms with Crippen LogP contribution in [0, 0.1) is 0 Å². The molecule has 2 aromatic carbocycles. The molecule has 1 fully saturated rings. The van der Waals surface area contributed by atoms with E-state index in [4.69, 9.17) is 0 Å². The fraction of sp³-hybridized carbons (Fsp3) is 0.111. The average Bonchev–Trinajstić information content (AvgIpc) is 3.38. The van der Waals surface area contributed by atoms with E-state index in [1.165, 1.54) is 11.1 Å². The second-order valence-electron chi connectivity index (χ2n) is 3.84. The van der Waals surface area contributed by atoms with Crippen molar-refractivity contribution >= 4 is 12.2 Å². The van der Waals surface area contributed by atoms with Crippen molar-refractivity contribution in [2.45, 2.75) is 0 Å². The van der Waals surface area contributed by atoms with Crippen LogP contribution in [-0.2, 0) is 4.74 Å². The van der Waals surface area contributed by atoms with Gasteiger partial charge in [0, 0.05) is 0 Å². The molecule has 0 N–H and O–H groups in total. The maximum absolute atomic E-state index is 4.50. The third-order valence-corrected chi connectivity index (χ3v) is 2.27. The standard InChI is InChI=1S/2C8H8.C2H4O/c2*1-2-8-6-4-3-5-7-8;1-2-3-1/h2*2-7H,1H2;1-2H2. The Morgan fingerprint density at radius 2 is 1.00 bits per heavy atom. The van der Waals surface area contributed by atoms with Crippen LogP contribution in [0.4, 0.5) is 0 Å². The average molecular weight is 252 g/mol. The monoisotopic (exact) mass is 252 g/mol. The summed E-state index contributed by atoms with van der Waals surface area (Å²) in [7, 11) is 0. The van der Waals surface area contributed by atoms with Gasteiger partial charge in [0.05, 0.1) is 13.2 Å². The predicted octanol–water partition coefficient (Wildman–Crippen LogP) is 4.68. The van der Waals surface area contributed by atoms with Crippen LogP contribution in [0.3, 0.4) is 0 Å². The highest BCUT2D eigenvalue weighted by atomic mass is 16.6. The molecule has 2 aromatic rings. The Kier molecular flexibility index (Phi) is 7.76. The highest BCUT2D eigenvalue weighted by Crippen LogP contribution is 1.98. The largest absolute Gasteiger partial charge is 0.377 e. The van der Waals surface area contributed by atoms with Crippen LogP contribution in [0.15, 0.2) is 73.8 Å². The van der Waals surface area contributed by atoms with Gasteiger partial charge in [-0.2, -0.15) is 0 Å². The molecule has 0 atom stereocenters. The van der Waals surface area contributed by atoms with Crippen LogP contribution in [0.2, 0.25) is 0 Å². The van der Waals surface area contributed by atoms with Gasteiger partial charge in [-0.25, -0.2) is 0 Å². The number of epoxide rings is 1. The van der Waals surface area contributed by atoms with Crippen molar-refractivity contribution < 1.29 is 4.74 Å². The van der Waals surface area contributed by atoms with Crippen molar-refractivity contribution in [2.75, 3.05) is 13.2 Å². The molecule has 3 rings (SSSR count). The fourth-order valence-electron chi connectivity index (χ4n) is 1.18. The van der Waals surface area contributed by atoms with Gasteiger partial charge in [0.2, 0.25) is 0 Å². The molecule has 19 heavy (non-hydrogen) atoms. The summed E-state index contributed by atoms with van der Waals surface area (Å²) in [6, 6.07) is 20.1. The summed E-state index contributed by atoms with van der Waals surface area (Å²) in [6.45, 7) is 9.26. The van der Waals surface area contributed by atoms with Gasteiger partial charge in [-0.15, -0.1) is 0 Å².